The summed E-state index contributed by atoms with van der Waals surface area (Å²) in [7, 11) is 0. The van der Waals surface area contributed by atoms with Gasteiger partial charge >= 0.3 is 5.97 Å². The second kappa shape index (κ2) is 6.23. The third-order valence-corrected chi connectivity index (χ3v) is 3.01. The van der Waals surface area contributed by atoms with Crippen LogP contribution in [-0.2, 0) is 9.53 Å². The van der Waals surface area contributed by atoms with Gasteiger partial charge < -0.3 is 21.1 Å². The predicted octanol–water partition coefficient (Wildman–Crippen LogP) is 0.531. The van der Waals surface area contributed by atoms with Crippen molar-refractivity contribution in [3.63, 3.8) is 0 Å². The first-order chi connectivity index (χ1) is 9.60. The lowest BCUT2D eigenvalue weighted by Crippen LogP contribution is -2.42. The standard InChI is InChI=1S/C13H18N4O3/c1-2-20-13(19)10-5-8(14)6-16-12(10)17-9-3-4-11(18)15-7-9/h5-6,9H,2-4,7,14H2,1H3,(H,15,18)(H,16,17). The number of nitrogens with zero attached hydrogens (tertiary/aromatic N) is 1. The smallest absolute Gasteiger partial charge is 0.341 e. The molecule has 1 saturated heterocycles. The highest BCUT2D eigenvalue weighted by atomic mass is 16.5. The summed E-state index contributed by atoms with van der Waals surface area (Å²) in [5.74, 6) is 0.00683. The minimum absolute atomic E-state index is 0.0389. The second-order valence-corrected chi connectivity index (χ2v) is 4.57. The molecule has 7 heteroatoms. The first kappa shape index (κ1) is 14.1. The van der Waals surface area contributed by atoms with E-state index in [0.717, 1.165) is 0 Å². The van der Waals surface area contributed by atoms with E-state index in [1.165, 1.54) is 12.3 Å². The average molecular weight is 278 g/mol. The first-order valence-corrected chi connectivity index (χ1v) is 6.56. The Labute approximate surface area is 116 Å². The van der Waals surface area contributed by atoms with E-state index < -0.39 is 5.97 Å². The van der Waals surface area contributed by atoms with Gasteiger partial charge in [0.2, 0.25) is 5.91 Å². The Hall–Kier alpha value is -2.31. The number of rotatable bonds is 4. The van der Waals surface area contributed by atoms with Gasteiger partial charge in [-0.3, -0.25) is 4.79 Å². The molecule has 1 atom stereocenters. The van der Waals surface area contributed by atoms with E-state index in [1.54, 1.807) is 6.92 Å². The van der Waals surface area contributed by atoms with Gasteiger partial charge in [-0.15, -0.1) is 0 Å². The molecule has 1 aromatic rings. The highest BCUT2D eigenvalue weighted by Gasteiger charge is 2.21. The van der Waals surface area contributed by atoms with Crippen molar-refractivity contribution >= 4 is 23.4 Å². The van der Waals surface area contributed by atoms with Crippen molar-refractivity contribution in [3.8, 4) is 0 Å². The Morgan fingerprint density at radius 2 is 2.45 bits per heavy atom. The predicted molar refractivity (Wildman–Crippen MR) is 74.3 cm³/mol. The number of esters is 1. The van der Waals surface area contributed by atoms with Crippen LogP contribution in [0.25, 0.3) is 0 Å². The van der Waals surface area contributed by atoms with Crippen molar-refractivity contribution < 1.29 is 14.3 Å². The fraction of sp³-hybridized carbons (Fsp3) is 0.462. The number of hydrogen-bond donors (Lipinski definition) is 3. The van der Waals surface area contributed by atoms with Crippen molar-refractivity contribution in [1.82, 2.24) is 10.3 Å². The summed E-state index contributed by atoms with van der Waals surface area (Å²) in [4.78, 5) is 27.1. The van der Waals surface area contributed by atoms with E-state index in [9.17, 15) is 9.59 Å². The number of nitrogens with two attached hydrogens (primary N) is 1. The van der Waals surface area contributed by atoms with Crippen LogP contribution in [0.4, 0.5) is 11.5 Å². The van der Waals surface area contributed by atoms with Gasteiger partial charge in [-0.2, -0.15) is 0 Å². The highest BCUT2D eigenvalue weighted by Crippen LogP contribution is 2.19. The molecular weight excluding hydrogens is 260 g/mol. The lowest BCUT2D eigenvalue weighted by atomic mass is 10.1. The molecule has 1 unspecified atom stereocenters. The Morgan fingerprint density at radius 3 is 3.10 bits per heavy atom. The largest absolute Gasteiger partial charge is 0.462 e. The number of anilines is 2. The molecule has 1 aromatic heterocycles. The number of amides is 1. The molecule has 0 bridgehead atoms. The van der Waals surface area contributed by atoms with Gasteiger partial charge in [0.25, 0.3) is 0 Å². The second-order valence-electron chi connectivity index (χ2n) is 4.57. The van der Waals surface area contributed by atoms with E-state index >= 15 is 0 Å². The van der Waals surface area contributed by atoms with Gasteiger partial charge in [0.05, 0.1) is 18.5 Å². The molecule has 0 radical (unpaired) electrons. The van der Waals surface area contributed by atoms with Gasteiger partial charge in [-0.25, -0.2) is 9.78 Å². The van der Waals surface area contributed by atoms with Crippen LogP contribution >= 0.6 is 0 Å². The Balaban J connectivity index is 2.14. The zero-order chi connectivity index (χ0) is 14.5. The Morgan fingerprint density at radius 1 is 1.65 bits per heavy atom. The zero-order valence-corrected chi connectivity index (χ0v) is 11.3. The molecule has 2 rings (SSSR count). The minimum Gasteiger partial charge on any atom is -0.462 e. The van der Waals surface area contributed by atoms with E-state index in [1.807, 2.05) is 0 Å². The number of nitrogen functional groups attached to an aromatic ring is 1. The average Bonchev–Trinajstić information content (AvgIpc) is 2.43. The van der Waals surface area contributed by atoms with Crippen LogP contribution in [0, 0.1) is 0 Å². The maximum absolute atomic E-state index is 11.9. The van der Waals surface area contributed by atoms with Crippen LogP contribution in [0.15, 0.2) is 12.3 Å². The molecule has 0 saturated carbocycles. The number of carbonyl (C=O) groups is 2. The molecule has 1 aliphatic heterocycles. The summed E-state index contributed by atoms with van der Waals surface area (Å²) in [6.45, 7) is 2.53. The topological polar surface area (TPSA) is 106 Å². The van der Waals surface area contributed by atoms with E-state index in [0.29, 0.717) is 36.5 Å². The van der Waals surface area contributed by atoms with Crippen molar-refractivity contribution in [3.05, 3.63) is 17.8 Å². The van der Waals surface area contributed by atoms with Crippen LogP contribution in [0.3, 0.4) is 0 Å². The van der Waals surface area contributed by atoms with Gasteiger partial charge in [0, 0.05) is 19.0 Å². The molecule has 0 spiro atoms. The lowest BCUT2D eigenvalue weighted by molar-refractivity contribution is -0.122. The summed E-state index contributed by atoms with van der Waals surface area (Å²) in [5, 5.41) is 5.92. The van der Waals surface area contributed by atoms with Crippen molar-refractivity contribution in [2.75, 3.05) is 24.2 Å². The molecule has 2 heterocycles. The van der Waals surface area contributed by atoms with E-state index in [-0.39, 0.29) is 18.6 Å². The molecule has 20 heavy (non-hydrogen) atoms. The van der Waals surface area contributed by atoms with Crippen LogP contribution in [0.1, 0.15) is 30.1 Å². The third-order valence-electron chi connectivity index (χ3n) is 3.01. The monoisotopic (exact) mass is 278 g/mol. The lowest BCUT2D eigenvalue weighted by Gasteiger charge is -2.24. The first-order valence-electron chi connectivity index (χ1n) is 6.56. The highest BCUT2D eigenvalue weighted by molar-refractivity contribution is 5.95. The van der Waals surface area contributed by atoms with Gasteiger partial charge in [-0.1, -0.05) is 0 Å². The number of carbonyl (C=O) groups excluding carboxylic acids is 2. The quantitative estimate of drug-likeness (QED) is 0.694. The maximum atomic E-state index is 11.9. The molecule has 1 aliphatic rings. The van der Waals surface area contributed by atoms with E-state index in [2.05, 4.69) is 15.6 Å². The maximum Gasteiger partial charge on any atom is 0.341 e. The van der Waals surface area contributed by atoms with Crippen molar-refractivity contribution in [2.45, 2.75) is 25.8 Å². The summed E-state index contributed by atoms with van der Waals surface area (Å²) in [6, 6.07) is 1.58. The molecule has 0 aromatic carbocycles. The molecule has 4 N–H and O–H groups in total. The Kier molecular flexibility index (Phi) is 4.39. The SMILES string of the molecule is CCOC(=O)c1cc(N)cnc1NC1CCC(=O)NC1. The zero-order valence-electron chi connectivity index (χ0n) is 11.3. The number of aromatic nitrogens is 1. The van der Waals surface area contributed by atoms with Crippen LogP contribution in [0.5, 0.6) is 0 Å². The fourth-order valence-corrected chi connectivity index (χ4v) is 2.01. The van der Waals surface area contributed by atoms with Crippen LogP contribution < -0.4 is 16.4 Å². The van der Waals surface area contributed by atoms with Crippen LogP contribution in [-0.4, -0.2) is 36.1 Å². The fourth-order valence-electron chi connectivity index (χ4n) is 2.01. The van der Waals surface area contributed by atoms with Crippen molar-refractivity contribution in [1.29, 1.82) is 0 Å². The summed E-state index contributed by atoms with van der Waals surface area (Å²) < 4.78 is 4.99. The van der Waals surface area contributed by atoms with Gasteiger partial charge in [-0.05, 0) is 19.4 Å². The third kappa shape index (κ3) is 3.37. The molecular formula is C13H18N4O3. The van der Waals surface area contributed by atoms with Crippen molar-refractivity contribution in [2.24, 2.45) is 0 Å². The Bertz CT molecular complexity index is 508. The molecule has 0 aliphatic carbocycles. The molecule has 1 fully saturated rings. The summed E-state index contributed by atoms with van der Waals surface area (Å²) in [5.41, 5.74) is 6.37. The summed E-state index contributed by atoms with van der Waals surface area (Å²) in [6.07, 6.45) is 2.63. The number of pyridine rings is 1. The van der Waals surface area contributed by atoms with E-state index in [4.69, 9.17) is 10.5 Å². The van der Waals surface area contributed by atoms with Gasteiger partial charge in [0.1, 0.15) is 11.4 Å². The molecule has 7 nitrogen and oxygen atoms in total. The number of ether oxygens (including phenoxy) is 1. The number of piperidine rings is 1. The normalized spacial score (nSPS) is 18.2. The van der Waals surface area contributed by atoms with Crippen LogP contribution in [0.2, 0.25) is 0 Å². The van der Waals surface area contributed by atoms with Gasteiger partial charge in [0.15, 0.2) is 0 Å². The number of nitrogens with one attached hydrogen (secondary N) is 2. The number of hydrogen-bond acceptors (Lipinski definition) is 6. The molecule has 1 amide bonds. The molecule has 108 valence electrons. The minimum atomic E-state index is -0.463. The summed E-state index contributed by atoms with van der Waals surface area (Å²) >= 11 is 0.